The molecule has 2 unspecified atom stereocenters. The first kappa shape index (κ1) is 14.6. The van der Waals surface area contributed by atoms with Gasteiger partial charge in [-0.05, 0) is 44.4 Å². The van der Waals surface area contributed by atoms with E-state index in [4.69, 9.17) is 4.42 Å². The van der Waals surface area contributed by atoms with Gasteiger partial charge in [-0.2, -0.15) is 0 Å². The normalized spacial score (nSPS) is 25.1. The summed E-state index contributed by atoms with van der Waals surface area (Å²) in [5, 5.41) is 3.39. The average Bonchev–Trinajstić information content (AvgIpc) is 2.78. The summed E-state index contributed by atoms with van der Waals surface area (Å²) in [5.41, 5.74) is 0. The van der Waals surface area contributed by atoms with Crippen molar-refractivity contribution in [2.24, 2.45) is 5.92 Å². The second kappa shape index (κ2) is 6.58. The minimum Gasteiger partial charge on any atom is -0.463 e. The summed E-state index contributed by atoms with van der Waals surface area (Å²) in [7, 11) is 0. The Hall–Kier alpha value is -0.800. The van der Waals surface area contributed by atoms with Crippen LogP contribution in [-0.4, -0.2) is 23.5 Å². The van der Waals surface area contributed by atoms with E-state index in [-0.39, 0.29) is 0 Å². The van der Waals surface area contributed by atoms with Crippen molar-refractivity contribution in [3.63, 3.8) is 0 Å². The van der Waals surface area contributed by atoms with Crippen molar-refractivity contribution >= 4 is 0 Å². The number of nitrogens with zero attached hydrogens (tertiary/aromatic N) is 1. The molecule has 2 rings (SSSR count). The first-order chi connectivity index (χ1) is 9.04. The lowest BCUT2D eigenvalue weighted by Gasteiger charge is -2.35. The molecule has 2 heterocycles. The number of hydrogen-bond acceptors (Lipinski definition) is 3. The maximum atomic E-state index is 5.91. The zero-order valence-electron chi connectivity index (χ0n) is 12.8. The fraction of sp³-hybridized carbons (Fsp3) is 0.750. The lowest BCUT2D eigenvalue weighted by Crippen LogP contribution is -2.39. The molecule has 1 aliphatic rings. The molecule has 0 spiro atoms. The number of furan rings is 1. The fourth-order valence-corrected chi connectivity index (χ4v) is 2.80. The van der Waals surface area contributed by atoms with E-state index in [1.165, 1.54) is 19.4 Å². The van der Waals surface area contributed by atoms with Crippen LogP contribution in [0.25, 0.3) is 0 Å². The molecule has 1 aromatic heterocycles. The van der Waals surface area contributed by atoms with Gasteiger partial charge in [0.25, 0.3) is 0 Å². The highest BCUT2D eigenvalue weighted by molar-refractivity contribution is 5.07. The van der Waals surface area contributed by atoms with Crippen LogP contribution in [0.15, 0.2) is 16.5 Å². The number of likely N-dealkylation sites (tertiary alicyclic amines) is 1. The van der Waals surface area contributed by atoms with Crippen LogP contribution in [0.2, 0.25) is 0 Å². The van der Waals surface area contributed by atoms with Crippen molar-refractivity contribution in [2.75, 3.05) is 6.54 Å². The van der Waals surface area contributed by atoms with Gasteiger partial charge in [0.2, 0.25) is 0 Å². The maximum absolute atomic E-state index is 5.91. The summed E-state index contributed by atoms with van der Waals surface area (Å²) in [6.45, 7) is 12.0. The Balaban J connectivity index is 1.85. The molecule has 0 saturated carbocycles. The molecule has 1 aromatic rings. The Morgan fingerprint density at radius 2 is 2.05 bits per heavy atom. The third-order valence-corrected chi connectivity index (χ3v) is 4.04. The number of piperidine rings is 1. The van der Waals surface area contributed by atoms with Gasteiger partial charge in [-0.3, -0.25) is 4.90 Å². The van der Waals surface area contributed by atoms with Gasteiger partial charge in [0.15, 0.2) is 0 Å². The molecular formula is C16H28N2O. The Labute approximate surface area is 117 Å². The number of hydrogen-bond donors (Lipinski definition) is 1. The van der Waals surface area contributed by atoms with Gasteiger partial charge in [0, 0.05) is 12.1 Å². The van der Waals surface area contributed by atoms with Crippen LogP contribution in [0.4, 0.5) is 0 Å². The number of rotatable bonds is 5. The SMILES string of the molecule is CC1CCN(Cc2ccc(CNC(C)C)o2)C(C)C1. The molecule has 1 aliphatic heterocycles. The van der Waals surface area contributed by atoms with Crippen LogP contribution >= 0.6 is 0 Å². The van der Waals surface area contributed by atoms with Crippen LogP contribution in [0.5, 0.6) is 0 Å². The van der Waals surface area contributed by atoms with Gasteiger partial charge in [0.05, 0.1) is 13.1 Å². The Morgan fingerprint density at radius 1 is 1.32 bits per heavy atom. The van der Waals surface area contributed by atoms with E-state index < -0.39 is 0 Å². The third kappa shape index (κ3) is 4.36. The molecule has 1 N–H and O–H groups in total. The molecule has 108 valence electrons. The Kier molecular flexibility index (Phi) is 5.06. The van der Waals surface area contributed by atoms with E-state index in [9.17, 15) is 0 Å². The summed E-state index contributed by atoms with van der Waals surface area (Å²) >= 11 is 0. The lowest BCUT2D eigenvalue weighted by molar-refractivity contribution is 0.113. The molecule has 1 fully saturated rings. The summed E-state index contributed by atoms with van der Waals surface area (Å²) < 4.78 is 5.91. The van der Waals surface area contributed by atoms with E-state index in [0.29, 0.717) is 12.1 Å². The van der Waals surface area contributed by atoms with Crippen LogP contribution in [0.1, 0.15) is 52.1 Å². The van der Waals surface area contributed by atoms with Crippen molar-refractivity contribution in [1.29, 1.82) is 0 Å². The van der Waals surface area contributed by atoms with E-state index in [1.54, 1.807) is 0 Å². The average molecular weight is 264 g/mol. The number of nitrogens with one attached hydrogen (secondary N) is 1. The monoisotopic (exact) mass is 264 g/mol. The molecular weight excluding hydrogens is 236 g/mol. The Bertz CT molecular complexity index is 386. The zero-order valence-corrected chi connectivity index (χ0v) is 12.8. The third-order valence-electron chi connectivity index (χ3n) is 4.04. The highest BCUT2D eigenvalue weighted by Crippen LogP contribution is 2.24. The van der Waals surface area contributed by atoms with Gasteiger partial charge in [-0.1, -0.05) is 20.8 Å². The minimum absolute atomic E-state index is 0.497. The second-order valence-electron chi connectivity index (χ2n) is 6.35. The predicted molar refractivity (Wildman–Crippen MR) is 79.0 cm³/mol. The molecule has 0 radical (unpaired) electrons. The molecule has 3 nitrogen and oxygen atoms in total. The van der Waals surface area contributed by atoms with Gasteiger partial charge >= 0.3 is 0 Å². The first-order valence-electron chi connectivity index (χ1n) is 7.59. The van der Waals surface area contributed by atoms with Gasteiger partial charge in [0.1, 0.15) is 11.5 Å². The molecule has 0 aromatic carbocycles. The van der Waals surface area contributed by atoms with Gasteiger partial charge in [-0.25, -0.2) is 0 Å². The minimum atomic E-state index is 0.497. The maximum Gasteiger partial charge on any atom is 0.118 e. The Morgan fingerprint density at radius 3 is 2.74 bits per heavy atom. The molecule has 0 amide bonds. The summed E-state index contributed by atoms with van der Waals surface area (Å²) in [4.78, 5) is 2.54. The van der Waals surface area contributed by atoms with Crippen molar-refractivity contribution < 1.29 is 4.42 Å². The van der Waals surface area contributed by atoms with Crippen LogP contribution in [0.3, 0.4) is 0 Å². The fourth-order valence-electron chi connectivity index (χ4n) is 2.80. The van der Waals surface area contributed by atoms with E-state index in [0.717, 1.165) is 30.5 Å². The van der Waals surface area contributed by atoms with Crippen LogP contribution in [0, 0.1) is 5.92 Å². The van der Waals surface area contributed by atoms with Crippen molar-refractivity contribution in [2.45, 2.75) is 65.7 Å². The lowest BCUT2D eigenvalue weighted by atomic mass is 9.93. The van der Waals surface area contributed by atoms with Gasteiger partial charge < -0.3 is 9.73 Å². The highest BCUT2D eigenvalue weighted by Gasteiger charge is 2.23. The molecule has 0 aliphatic carbocycles. The molecule has 0 bridgehead atoms. The summed E-state index contributed by atoms with van der Waals surface area (Å²) in [6, 6.07) is 5.40. The van der Waals surface area contributed by atoms with E-state index in [2.05, 4.69) is 50.0 Å². The molecule has 3 heteroatoms. The quantitative estimate of drug-likeness (QED) is 0.883. The predicted octanol–water partition coefficient (Wildman–Crippen LogP) is 3.40. The standard InChI is InChI=1S/C16H28N2O/c1-12(2)17-10-15-5-6-16(19-15)11-18-8-7-13(3)9-14(18)4/h5-6,12-14,17H,7-11H2,1-4H3. The van der Waals surface area contributed by atoms with Gasteiger partial charge in [-0.15, -0.1) is 0 Å². The highest BCUT2D eigenvalue weighted by atomic mass is 16.3. The second-order valence-corrected chi connectivity index (χ2v) is 6.35. The largest absolute Gasteiger partial charge is 0.463 e. The smallest absolute Gasteiger partial charge is 0.118 e. The van der Waals surface area contributed by atoms with Crippen molar-refractivity contribution in [1.82, 2.24) is 10.2 Å². The van der Waals surface area contributed by atoms with Crippen molar-refractivity contribution in [3.05, 3.63) is 23.7 Å². The summed E-state index contributed by atoms with van der Waals surface area (Å²) in [6.07, 6.45) is 2.62. The van der Waals surface area contributed by atoms with Crippen LogP contribution in [-0.2, 0) is 13.1 Å². The van der Waals surface area contributed by atoms with Crippen LogP contribution < -0.4 is 5.32 Å². The first-order valence-corrected chi connectivity index (χ1v) is 7.59. The molecule has 1 saturated heterocycles. The topological polar surface area (TPSA) is 28.4 Å². The zero-order chi connectivity index (χ0) is 13.8. The summed E-state index contributed by atoms with van der Waals surface area (Å²) in [5.74, 6) is 3.01. The van der Waals surface area contributed by atoms with E-state index in [1.807, 2.05) is 0 Å². The van der Waals surface area contributed by atoms with Crippen molar-refractivity contribution in [3.8, 4) is 0 Å². The van der Waals surface area contributed by atoms with E-state index >= 15 is 0 Å². The molecule has 19 heavy (non-hydrogen) atoms. The molecule has 2 atom stereocenters.